The van der Waals surface area contributed by atoms with E-state index in [9.17, 15) is 14.4 Å². The molecule has 4 rings (SSSR count). The molecule has 0 radical (unpaired) electrons. The zero-order valence-corrected chi connectivity index (χ0v) is 18.4. The quantitative estimate of drug-likeness (QED) is 0.414. The van der Waals surface area contributed by atoms with Crippen LogP contribution in [-0.4, -0.2) is 19.7 Å². The third kappa shape index (κ3) is 4.00. The summed E-state index contributed by atoms with van der Waals surface area (Å²) >= 11 is 12.8. The minimum atomic E-state index is -0.797. The van der Waals surface area contributed by atoms with Crippen LogP contribution in [0.15, 0.2) is 50.8 Å². The topological polar surface area (TPSA) is 136 Å². The van der Waals surface area contributed by atoms with Gasteiger partial charge in [-0.25, -0.2) is 4.79 Å². The molecule has 2 aromatic heterocycles. The first kappa shape index (κ1) is 21.7. The average Bonchev–Trinajstić information content (AvgIpc) is 2.72. The van der Waals surface area contributed by atoms with Gasteiger partial charge in [0.1, 0.15) is 5.75 Å². The number of rotatable bonds is 4. The molecule has 9 nitrogen and oxygen atoms in total. The van der Waals surface area contributed by atoms with Gasteiger partial charge in [-0.2, -0.15) is 4.68 Å². The van der Waals surface area contributed by atoms with Gasteiger partial charge in [-0.3, -0.25) is 14.6 Å². The number of ether oxygens (including phenoxy) is 1. The first-order chi connectivity index (χ1) is 15.1. The molecule has 32 heavy (non-hydrogen) atoms. The summed E-state index contributed by atoms with van der Waals surface area (Å²) in [5, 5.41) is 4.81. The van der Waals surface area contributed by atoms with Crippen LogP contribution in [0.1, 0.15) is 25.3 Å². The van der Waals surface area contributed by atoms with Crippen molar-refractivity contribution in [3.05, 3.63) is 83.2 Å². The maximum Gasteiger partial charge on any atom is 0.349 e. The van der Waals surface area contributed by atoms with Crippen molar-refractivity contribution >= 4 is 39.9 Å². The summed E-state index contributed by atoms with van der Waals surface area (Å²) < 4.78 is 6.81. The summed E-state index contributed by atoms with van der Waals surface area (Å²) in [5.41, 5.74) is 5.49. The number of nitrogens with two attached hydrogens (primary N) is 1. The van der Waals surface area contributed by atoms with Crippen LogP contribution in [0.3, 0.4) is 0 Å². The van der Waals surface area contributed by atoms with Crippen molar-refractivity contribution in [3.63, 3.8) is 0 Å². The predicted molar refractivity (Wildman–Crippen MR) is 124 cm³/mol. The highest BCUT2D eigenvalue weighted by molar-refractivity contribution is 6.37. The number of nitrogen functional groups attached to an aromatic ring is 1. The number of anilines is 1. The highest BCUT2D eigenvalue weighted by Gasteiger charge is 2.15. The van der Waals surface area contributed by atoms with Crippen LogP contribution in [0, 0.1) is 0 Å². The van der Waals surface area contributed by atoms with Crippen LogP contribution >= 0.6 is 23.2 Å². The predicted octanol–water partition coefficient (Wildman–Crippen LogP) is 3.57. The second kappa shape index (κ2) is 8.18. The summed E-state index contributed by atoms with van der Waals surface area (Å²) in [5.74, 6) is 0.355. The summed E-state index contributed by atoms with van der Waals surface area (Å²) in [6, 6.07) is 9.58. The van der Waals surface area contributed by atoms with E-state index in [4.69, 9.17) is 33.7 Å². The Kier molecular flexibility index (Phi) is 5.53. The van der Waals surface area contributed by atoms with Gasteiger partial charge in [-0.05, 0) is 41.8 Å². The number of fused-ring (bicyclic) bond motifs is 1. The zero-order valence-electron chi connectivity index (χ0n) is 16.9. The molecule has 11 heteroatoms. The number of hydrogen-bond donors (Lipinski definition) is 3. The maximum absolute atomic E-state index is 12.1. The van der Waals surface area contributed by atoms with Crippen molar-refractivity contribution in [2.24, 2.45) is 0 Å². The first-order valence-electron chi connectivity index (χ1n) is 9.47. The van der Waals surface area contributed by atoms with Gasteiger partial charge in [0.05, 0.1) is 15.7 Å². The largest absolute Gasteiger partial charge is 0.454 e. The average molecular weight is 474 g/mol. The molecule has 0 fully saturated rings. The van der Waals surface area contributed by atoms with Gasteiger partial charge in [0.2, 0.25) is 11.4 Å². The second-order valence-corrected chi connectivity index (χ2v) is 8.16. The summed E-state index contributed by atoms with van der Waals surface area (Å²) in [4.78, 5) is 40.3. The SMILES string of the molecule is CC(C)c1cc(=O)[nH]c2ccc(Oc3c(Cl)cc(-n4nc(N)c(=O)[nH]c4=O)cc3Cl)cc12. The lowest BCUT2D eigenvalue weighted by Gasteiger charge is -2.14. The Labute approximate surface area is 190 Å². The molecule has 0 bridgehead atoms. The van der Waals surface area contributed by atoms with Crippen LogP contribution < -0.4 is 27.3 Å². The maximum atomic E-state index is 12.1. The number of nitrogens with zero attached hydrogens (tertiary/aromatic N) is 2. The van der Waals surface area contributed by atoms with Gasteiger partial charge in [-0.1, -0.05) is 37.0 Å². The van der Waals surface area contributed by atoms with Gasteiger partial charge >= 0.3 is 5.69 Å². The fourth-order valence-corrected chi connectivity index (χ4v) is 3.82. The fourth-order valence-electron chi connectivity index (χ4n) is 3.27. The standard InChI is InChI=1S/C21H17Cl2N5O4/c1-9(2)12-8-17(29)25-16-4-3-11(7-13(12)16)32-18-14(22)5-10(6-15(18)23)28-21(31)26-20(30)19(24)27-28/h3-9H,1-2H3,(H2,24,27)(H,25,29)(H,26,30,31). The molecule has 4 aromatic rings. The zero-order chi connectivity index (χ0) is 23.2. The third-order valence-corrected chi connectivity index (χ3v) is 5.33. The van der Waals surface area contributed by atoms with Gasteiger partial charge in [0, 0.05) is 17.0 Å². The molecule has 0 spiro atoms. The highest BCUT2D eigenvalue weighted by atomic mass is 35.5. The summed E-state index contributed by atoms with van der Waals surface area (Å²) in [6.07, 6.45) is 0. The Bertz CT molecular complexity index is 1520. The van der Waals surface area contributed by atoms with E-state index in [0.29, 0.717) is 11.3 Å². The molecule has 0 atom stereocenters. The van der Waals surface area contributed by atoms with Crippen LogP contribution in [0.25, 0.3) is 16.6 Å². The lowest BCUT2D eigenvalue weighted by molar-refractivity contribution is 0.483. The molecule has 164 valence electrons. The Balaban J connectivity index is 1.77. The minimum absolute atomic E-state index is 0.108. The molecule has 0 saturated carbocycles. The summed E-state index contributed by atoms with van der Waals surface area (Å²) in [7, 11) is 0. The van der Waals surface area contributed by atoms with Crippen molar-refractivity contribution in [2.45, 2.75) is 19.8 Å². The molecule has 4 N–H and O–H groups in total. The van der Waals surface area contributed by atoms with E-state index in [1.165, 1.54) is 12.1 Å². The van der Waals surface area contributed by atoms with E-state index in [-0.39, 0.29) is 38.8 Å². The molecular weight excluding hydrogens is 457 g/mol. The molecule has 0 saturated heterocycles. The Hall–Kier alpha value is -3.56. The van der Waals surface area contributed by atoms with Crippen LogP contribution in [0.2, 0.25) is 10.0 Å². The van der Waals surface area contributed by atoms with E-state index in [1.54, 1.807) is 24.3 Å². The lowest BCUT2D eigenvalue weighted by atomic mass is 9.99. The van der Waals surface area contributed by atoms with Crippen molar-refractivity contribution in [3.8, 4) is 17.2 Å². The number of hydrogen-bond acceptors (Lipinski definition) is 6. The monoisotopic (exact) mass is 473 g/mol. The van der Waals surface area contributed by atoms with Gasteiger partial charge in [-0.15, -0.1) is 5.10 Å². The first-order valence-corrected chi connectivity index (χ1v) is 10.2. The van der Waals surface area contributed by atoms with E-state index < -0.39 is 11.2 Å². The van der Waals surface area contributed by atoms with Crippen LogP contribution in [-0.2, 0) is 0 Å². The van der Waals surface area contributed by atoms with Gasteiger partial charge in [0.25, 0.3) is 5.56 Å². The van der Waals surface area contributed by atoms with Crippen LogP contribution in [0.4, 0.5) is 5.82 Å². The normalized spacial score (nSPS) is 11.3. The number of halogens is 2. The number of pyridine rings is 1. The lowest BCUT2D eigenvalue weighted by Crippen LogP contribution is -2.33. The molecule has 0 amide bonds. The number of aromatic nitrogens is 4. The van der Waals surface area contributed by atoms with Crippen LogP contribution in [0.5, 0.6) is 11.5 Å². The Morgan fingerprint density at radius 1 is 1.03 bits per heavy atom. The van der Waals surface area contributed by atoms with E-state index in [2.05, 4.69) is 15.1 Å². The minimum Gasteiger partial charge on any atom is -0.454 e. The van der Waals surface area contributed by atoms with E-state index >= 15 is 0 Å². The third-order valence-electron chi connectivity index (χ3n) is 4.77. The Morgan fingerprint density at radius 2 is 1.72 bits per heavy atom. The van der Waals surface area contributed by atoms with Gasteiger partial charge in [0.15, 0.2) is 5.75 Å². The molecule has 0 aliphatic heterocycles. The smallest absolute Gasteiger partial charge is 0.349 e. The molecular formula is C21H17Cl2N5O4. The van der Waals surface area contributed by atoms with Gasteiger partial charge < -0.3 is 15.5 Å². The van der Waals surface area contributed by atoms with E-state index in [0.717, 1.165) is 15.6 Å². The molecule has 0 aliphatic carbocycles. The fraction of sp³-hybridized carbons (Fsp3) is 0.143. The number of benzene rings is 2. The molecule has 0 unspecified atom stereocenters. The molecule has 2 heterocycles. The highest BCUT2D eigenvalue weighted by Crippen LogP contribution is 2.39. The summed E-state index contributed by atoms with van der Waals surface area (Å²) in [6.45, 7) is 3.99. The molecule has 0 aliphatic rings. The number of nitrogens with one attached hydrogen (secondary N) is 2. The number of H-pyrrole nitrogens is 2. The molecule has 2 aromatic carbocycles. The van der Waals surface area contributed by atoms with Crippen molar-refractivity contribution < 1.29 is 4.74 Å². The van der Waals surface area contributed by atoms with Crippen molar-refractivity contribution in [1.82, 2.24) is 19.7 Å². The van der Waals surface area contributed by atoms with E-state index in [1.807, 2.05) is 13.8 Å². The van der Waals surface area contributed by atoms with Crippen molar-refractivity contribution in [2.75, 3.05) is 5.73 Å². The second-order valence-electron chi connectivity index (χ2n) is 7.35. The van der Waals surface area contributed by atoms with Crippen molar-refractivity contribution in [1.29, 1.82) is 0 Å². The Morgan fingerprint density at radius 3 is 2.38 bits per heavy atom. The number of aromatic amines is 2.